The summed E-state index contributed by atoms with van der Waals surface area (Å²) < 4.78 is 1.88. The number of rotatable bonds is 2. The Kier molecular flexibility index (Phi) is 2.71. The van der Waals surface area contributed by atoms with E-state index in [0.29, 0.717) is 13.0 Å². The molecule has 2 heterocycles. The number of amides is 1. The Hall–Kier alpha value is -1.36. The maximum atomic E-state index is 11.8. The third-order valence-electron chi connectivity index (χ3n) is 2.76. The van der Waals surface area contributed by atoms with Crippen LogP contribution in [0.25, 0.3) is 0 Å². The predicted molar refractivity (Wildman–Crippen MR) is 62.3 cm³/mol. The molecule has 2 N–H and O–H groups in total. The fraction of sp³-hybridized carbons (Fsp3) is 0.636. The van der Waals surface area contributed by atoms with E-state index in [-0.39, 0.29) is 18.0 Å². The van der Waals surface area contributed by atoms with Crippen LogP contribution < -0.4 is 10.6 Å². The second kappa shape index (κ2) is 3.90. The summed E-state index contributed by atoms with van der Waals surface area (Å²) in [6, 6.07) is 2.13. The Labute approximate surface area is 95.2 Å². The lowest BCUT2D eigenvalue weighted by molar-refractivity contribution is -0.117. The van der Waals surface area contributed by atoms with Gasteiger partial charge in [0.25, 0.3) is 0 Å². The van der Waals surface area contributed by atoms with Crippen molar-refractivity contribution in [3.63, 3.8) is 0 Å². The molecule has 0 aromatic carbocycles. The number of carbonyl (C=O) groups is 1. The lowest BCUT2D eigenvalue weighted by atomic mass is 10.3. The minimum absolute atomic E-state index is 0.0525. The summed E-state index contributed by atoms with van der Waals surface area (Å²) in [5.74, 6) is 0.958. The zero-order valence-corrected chi connectivity index (χ0v) is 9.97. The van der Waals surface area contributed by atoms with Crippen molar-refractivity contribution in [2.24, 2.45) is 5.73 Å². The van der Waals surface area contributed by atoms with Crippen LogP contribution in [0.4, 0.5) is 5.82 Å². The molecule has 5 heteroatoms. The lowest BCUT2D eigenvalue weighted by Crippen LogP contribution is -2.30. The van der Waals surface area contributed by atoms with E-state index in [1.54, 1.807) is 4.90 Å². The fourth-order valence-electron chi connectivity index (χ4n) is 2.04. The van der Waals surface area contributed by atoms with Gasteiger partial charge in [-0.15, -0.1) is 0 Å². The minimum Gasteiger partial charge on any atom is -0.326 e. The third kappa shape index (κ3) is 1.82. The zero-order chi connectivity index (χ0) is 11.9. The molecule has 1 amide bonds. The van der Waals surface area contributed by atoms with Crippen LogP contribution in [0.5, 0.6) is 0 Å². The normalized spacial score (nSPS) is 21.2. The zero-order valence-electron chi connectivity index (χ0n) is 9.97. The highest BCUT2D eigenvalue weighted by Crippen LogP contribution is 2.24. The van der Waals surface area contributed by atoms with Crippen molar-refractivity contribution in [3.8, 4) is 0 Å². The van der Waals surface area contributed by atoms with Crippen molar-refractivity contribution in [3.05, 3.63) is 11.8 Å². The Morgan fingerprint density at radius 1 is 1.56 bits per heavy atom. The molecule has 2 rings (SSSR count). The van der Waals surface area contributed by atoms with E-state index in [1.807, 2.05) is 17.7 Å². The van der Waals surface area contributed by atoms with Gasteiger partial charge in [-0.1, -0.05) is 0 Å². The van der Waals surface area contributed by atoms with Crippen LogP contribution in [0, 0.1) is 6.92 Å². The van der Waals surface area contributed by atoms with Crippen molar-refractivity contribution in [2.45, 2.75) is 39.3 Å². The van der Waals surface area contributed by atoms with E-state index >= 15 is 0 Å². The SMILES string of the molecule is Cc1cc(N2CC(N)CC2=O)n(C(C)C)n1. The quantitative estimate of drug-likeness (QED) is 0.806. The highest BCUT2D eigenvalue weighted by molar-refractivity contribution is 5.95. The van der Waals surface area contributed by atoms with Crippen LogP contribution in [-0.2, 0) is 4.79 Å². The predicted octanol–water partition coefficient (Wildman–Crippen LogP) is 0.836. The van der Waals surface area contributed by atoms with Crippen LogP contribution in [0.15, 0.2) is 6.07 Å². The molecule has 0 radical (unpaired) electrons. The molecule has 1 saturated heterocycles. The Morgan fingerprint density at radius 2 is 2.25 bits per heavy atom. The van der Waals surface area contributed by atoms with Crippen molar-refractivity contribution >= 4 is 11.7 Å². The molecule has 1 aromatic rings. The standard InChI is InChI=1S/C11H18N4O/c1-7(2)15-10(4-8(3)13-15)14-6-9(12)5-11(14)16/h4,7,9H,5-6,12H2,1-3H3. The van der Waals surface area contributed by atoms with Gasteiger partial charge in [0.15, 0.2) is 0 Å². The number of nitrogens with zero attached hydrogens (tertiary/aromatic N) is 3. The van der Waals surface area contributed by atoms with Gasteiger partial charge in [0.05, 0.1) is 5.69 Å². The van der Waals surface area contributed by atoms with E-state index in [1.165, 1.54) is 0 Å². The summed E-state index contributed by atoms with van der Waals surface area (Å²) in [7, 11) is 0. The average Bonchev–Trinajstić information content (AvgIpc) is 2.69. The molecular formula is C11H18N4O. The summed E-state index contributed by atoms with van der Waals surface area (Å²) in [6.07, 6.45) is 0.433. The average molecular weight is 222 g/mol. The van der Waals surface area contributed by atoms with Crippen molar-refractivity contribution in [2.75, 3.05) is 11.4 Å². The Balaban J connectivity index is 2.36. The molecule has 1 aromatic heterocycles. The molecule has 0 saturated carbocycles. The summed E-state index contributed by atoms with van der Waals surface area (Å²) in [5, 5.41) is 4.40. The summed E-state index contributed by atoms with van der Waals surface area (Å²) in [6.45, 7) is 6.63. The van der Waals surface area contributed by atoms with E-state index in [9.17, 15) is 4.79 Å². The number of aromatic nitrogens is 2. The van der Waals surface area contributed by atoms with Gasteiger partial charge in [-0.2, -0.15) is 5.10 Å². The summed E-state index contributed by atoms with van der Waals surface area (Å²) >= 11 is 0. The monoisotopic (exact) mass is 222 g/mol. The van der Waals surface area contributed by atoms with Gasteiger partial charge in [0.2, 0.25) is 5.91 Å². The second-order valence-electron chi connectivity index (χ2n) is 4.65. The topological polar surface area (TPSA) is 64.2 Å². The molecule has 0 aliphatic carbocycles. The Bertz CT molecular complexity index is 410. The fourth-order valence-corrected chi connectivity index (χ4v) is 2.04. The third-order valence-corrected chi connectivity index (χ3v) is 2.76. The minimum atomic E-state index is -0.0525. The molecule has 16 heavy (non-hydrogen) atoms. The molecule has 1 aliphatic rings. The van der Waals surface area contributed by atoms with Gasteiger partial charge in [-0.25, -0.2) is 4.68 Å². The van der Waals surface area contributed by atoms with Crippen LogP contribution in [0.3, 0.4) is 0 Å². The van der Waals surface area contributed by atoms with Gasteiger partial charge in [0, 0.05) is 31.1 Å². The van der Waals surface area contributed by atoms with Crippen molar-refractivity contribution in [1.82, 2.24) is 9.78 Å². The van der Waals surface area contributed by atoms with Crippen LogP contribution >= 0.6 is 0 Å². The molecule has 0 bridgehead atoms. The first-order valence-corrected chi connectivity index (χ1v) is 5.61. The highest BCUT2D eigenvalue weighted by atomic mass is 16.2. The number of hydrogen-bond acceptors (Lipinski definition) is 3. The van der Waals surface area contributed by atoms with Crippen LogP contribution in [0.1, 0.15) is 32.0 Å². The smallest absolute Gasteiger partial charge is 0.229 e. The summed E-state index contributed by atoms with van der Waals surface area (Å²) in [5.41, 5.74) is 6.72. The van der Waals surface area contributed by atoms with Crippen molar-refractivity contribution < 1.29 is 4.79 Å². The molecule has 5 nitrogen and oxygen atoms in total. The number of carbonyl (C=O) groups excluding carboxylic acids is 1. The Morgan fingerprint density at radius 3 is 2.75 bits per heavy atom. The van der Waals surface area contributed by atoms with Gasteiger partial charge in [-0.05, 0) is 20.8 Å². The number of hydrogen-bond donors (Lipinski definition) is 1. The molecular weight excluding hydrogens is 204 g/mol. The highest BCUT2D eigenvalue weighted by Gasteiger charge is 2.30. The second-order valence-corrected chi connectivity index (χ2v) is 4.65. The van der Waals surface area contributed by atoms with Gasteiger partial charge in [-0.3, -0.25) is 9.69 Å². The van der Waals surface area contributed by atoms with E-state index in [0.717, 1.165) is 11.5 Å². The van der Waals surface area contributed by atoms with E-state index in [4.69, 9.17) is 5.73 Å². The molecule has 1 unspecified atom stereocenters. The largest absolute Gasteiger partial charge is 0.326 e. The van der Waals surface area contributed by atoms with Crippen LogP contribution in [-0.4, -0.2) is 28.3 Å². The molecule has 88 valence electrons. The van der Waals surface area contributed by atoms with E-state index in [2.05, 4.69) is 18.9 Å². The molecule has 1 atom stereocenters. The first-order chi connectivity index (χ1) is 7.49. The van der Waals surface area contributed by atoms with Crippen LogP contribution in [0.2, 0.25) is 0 Å². The number of aryl methyl sites for hydroxylation is 1. The maximum Gasteiger partial charge on any atom is 0.229 e. The van der Waals surface area contributed by atoms with Gasteiger partial charge < -0.3 is 5.73 Å². The molecule has 0 spiro atoms. The van der Waals surface area contributed by atoms with Crippen molar-refractivity contribution in [1.29, 1.82) is 0 Å². The van der Waals surface area contributed by atoms with Gasteiger partial charge >= 0.3 is 0 Å². The first-order valence-electron chi connectivity index (χ1n) is 5.61. The summed E-state index contributed by atoms with van der Waals surface area (Å²) in [4.78, 5) is 13.5. The lowest BCUT2D eigenvalue weighted by Gasteiger charge is -2.19. The maximum absolute atomic E-state index is 11.8. The number of anilines is 1. The molecule has 1 aliphatic heterocycles. The number of nitrogens with two attached hydrogens (primary N) is 1. The molecule has 1 fully saturated rings. The van der Waals surface area contributed by atoms with E-state index < -0.39 is 0 Å². The van der Waals surface area contributed by atoms with Gasteiger partial charge in [0.1, 0.15) is 5.82 Å². The first kappa shape index (κ1) is 11.1.